The van der Waals surface area contributed by atoms with E-state index in [4.69, 9.17) is 14.2 Å². The Balaban J connectivity index is 2.08. The smallest absolute Gasteiger partial charge is 0.340 e. The monoisotopic (exact) mass is 385 g/mol. The molecular weight excluding hydrogens is 358 g/mol. The standard InChI is InChI=1S/C22H27NO5/c1-6-28-21(25)16-13-23(17-10-22(2,3)11-18(24)20(16)17)12-14-7-8-15(26-4)9-19(14)27-5/h7-9,13H,6,10-12H2,1-5H3. The van der Waals surface area contributed by atoms with Gasteiger partial charge in [0.1, 0.15) is 11.5 Å². The first-order chi connectivity index (χ1) is 13.3. The van der Waals surface area contributed by atoms with E-state index in [1.807, 2.05) is 22.8 Å². The lowest BCUT2D eigenvalue weighted by atomic mass is 9.75. The molecule has 0 atom stereocenters. The number of benzene rings is 1. The van der Waals surface area contributed by atoms with Gasteiger partial charge in [-0.3, -0.25) is 4.79 Å². The number of nitrogens with zero attached hydrogens (tertiary/aromatic N) is 1. The molecule has 0 spiro atoms. The van der Waals surface area contributed by atoms with Crippen LogP contribution in [0.4, 0.5) is 0 Å². The molecule has 3 rings (SSSR count). The SMILES string of the molecule is CCOC(=O)c1cn(Cc2ccc(OC)cc2OC)c2c1C(=O)CC(C)(C)C2. The van der Waals surface area contributed by atoms with E-state index in [9.17, 15) is 9.59 Å². The number of carbonyl (C=O) groups excluding carboxylic acids is 2. The average molecular weight is 385 g/mol. The molecule has 0 saturated heterocycles. The van der Waals surface area contributed by atoms with Crippen LogP contribution in [0.15, 0.2) is 24.4 Å². The van der Waals surface area contributed by atoms with E-state index in [1.54, 1.807) is 27.3 Å². The van der Waals surface area contributed by atoms with Crippen molar-refractivity contribution in [3.8, 4) is 11.5 Å². The predicted octanol–water partition coefficient (Wildman–Crippen LogP) is 3.89. The average Bonchev–Trinajstić information content (AvgIpc) is 2.99. The summed E-state index contributed by atoms with van der Waals surface area (Å²) in [5.41, 5.74) is 2.51. The molecule has 0 N–H and O–H groups in total. The van der Waals surface area contributed by atoms with Gasteiger partial charge >= 0.3 is 5.97 Å². The molecule has 0 bridgehead atoms. The van der Waals surface area contributed by atoms with Gasteiger partial charge in [0.25, 0.3) is 0 Å². The number of ether oxygens (including phenoxy) is 3. The van der Waals surface area contributed by atoms with Crippen LogP contribution in [0.1, 0.15) is 59.2 Å². The summed E-state index contributed by atoms with van der Waals surface area (Å²) in [6, 6.07) is 5.63. The maximum atomic E-state index is 12.8. The zero-order valence-corrected chi connectivity index (χ0v) is 17.1. The summed E-state index contributed by atoms with van der Waals surface area (Å²) in [6.07, 6.45) is 2.87. The summed E-state index contributed by atoms with van der Waals surface area (Å²) >= 11 is 0. The van der Waals surface area contributed by atoms with Crippen molar-refractivity contribution in [2.75, 3.05) is 20.8 Å². The van der Waals surface area contributed by atoms with E-state index < -0.39 is 5.97 Å². The summed E-state index contributed by atoms with van der Waals surface area (Å²) in [6.45, 7) is 6.66. The third-order valence-electron chi connectivity index (χ3n) is 5.08. The lowest BCUT2D eigenvalue weighted by Gasteiger charge is -2.30. The second-order valence-electron chi connectivity index (χ2n) is 7.83. The second kappa shape index (κ2) is 7.70. The Morgan fingerprint density at radius 3 is 2.57 bits per heavy atom. The van der Waals surface area contributed by atoms with Crippen LogP contribution in [0.25, 0.3) is 0 Å². The molecule has 1 aromatic heterocycles. The molecule has 0 saturated carbocycles. The maximum Gasteiger partial charge on any atom is 0.340 e. The number of methoxy groups -OCH3 is 2. The van der Waals surface area contributed by atoms with Crippen LogP contribution in [0.5, 0.6) is 11.5 Å². The summed E-state index contributed by atoms with van der Waals surface area (Å²) < 4.78 is 17.9. The Bertz CT molecular complexity index is 910. The Morgan fingerprint density at radius 1 is 1.18 bits per heavy atom. The van der Waals surface area contributed by atoms with Crippen LogP contribution in [-0.4, -0.2) is 37.1 Å². The van der Waals surface area contributed by atoms with Crippen molar-refractivity contribution in [2.24, 2.45) is 5.41 Å². The summed E-state index contributed by atoms with van der Waals surface area (Å²) in [5, 5.41) is 0. The van der Waals surface area contributed by atoms with Crippen LogP contribution in [-0.2, 0) is 17.7 Å². The first-order valence-corrected chi connectivity index (χ1v) is 9.43. The molecular formula is C22H27NO5. The molecule has 0 aliphatic heterocycles. The fourth-order valence-corrected chi connectivity index (χ4v) is 3.81. The fourth-order valence-electron chi connectivity index (χ4n) is 3.81. The van der Waals surface area contributed by atoms with Crippen molar-refractivity contribution in [3.63, 3.8) is 0 Å². The zero-order chi connectivity index (χ0) is 20.5. The number of hydrogen-bond acceptors (Lipinski definition) is 5. The Morgan fingerprint density at radius 2 is 1.93 bits per heavy atom. The summed E-state index contributed by atoms with van der Waals surface area (Å²) in [7, 11) is 3.22. The molecule has 0 unspecified atom stereocenters. The Hall–Kier alpha value is -2.76. The normalized spacial score (nSPS) is 15.1. The summed E-state index contributed by atoms with van der Waals surface area (Å²) in [5.74, 6) is 0.946. The molecule has 1 heterocycles. The van der Waals surface area contributed by atoms with Crippen molar-refractivity contribution in [1.82, 2.24) is 4.57 Å². The minimum absolute atomic E-state index is 0.00486. The molecule has 1 aliphatic carbocycles. The van der Waals surface area contributed by atoms with Gasteiger partial charge in [-0.15, -0.1) is 0 Å². The number of fused-ring (bicyclic) bond motifs is 1. The second-order valence-corrected chi connectivity index (χ2v) is 7.83. The molecule has 0 fully saturated rings. The zero-order valence-electron chi connectivity index (χ0n) is 17.1. The lowest BCUT2D eigenvalue weighted by molar-refractivity contribution is 0.0522. The van der Waals surface area contributed by atoms with E-state index in [0.717, 1.165) is 11.3 Å². The third-order valence-corrected chi connectivity index (χ3v) is 5.08. The molecule has 6 nitrogen and oxygen atoms in total. The maximum absolute atomic E-state index is 12.8. The van der Waals surface area contributed by atoms with Gasteiger partial charge in [-0.2, -0.15) is 0 Å². The molecule has 150 valence electrons. The number of Topliss-reactive ketones (excluding diaryl/α,β-unsaturated/α-hetero) is 1. The third kappa shape index (κ3) is 3.77. The van der Waals surface area contributed by atoms with Gasteiger partial charge in [0.15, 0.2) is 5.78 Å². The molecule has 1 aliphatic rings. The van der Waals surface area contributed by atoms with Crippen LogP contribution in [0, 0.1) is 5.41 Å². The van der Waals surface area contributed by atoms with E-state index in [1.165, 1.54) is 0 Å². The van der Waals surface area contributed by atoms with Crippen molar-refractivity contribution in [3.05, 3.63) is 46.8 Å². The van der Waals surface area contributed by atoms with E-state index in [0.29, 0.717) is 42.0 Å². The number of ketones is 1. The van der Waals surface area contributed by atoms with E-state index in [-0.39, 0.29) is 17.8 Å². The summed E-state index contributed by atoms with van der Waals surface area (Å²) in [4.78, 5) is 25.3. The fraction of sp³-hybridized carbons (Fsp3) is 0.455. The number of rotatable bonds is 6. The highest BCUT2D eigenvalue weighted by Gasteiger charge is 2.37. The molecule has 1 aromatic carbocycles. The van der Waals surface area contributed by atoms with Crippen molar-refractivity contribution in [1.29, 1.82) is 0 Å². The molecule has 6 heteroatoms. The molecule has 0 radical (unpaired) electrons. The first kappa shape index (κ1) is 20.0. The van der Waals surface area contributed by atoms with Gasteiger partial charge in [-0.25, -0.2) is 4.79 Å². The van der Waals surface area contributed by atoms with Gasteiger partial charge < -0.3 is 18.8 Å². The Kier molecular flexibility index (Phi) is 5.49. The van der Waals surface area contributed by atoms with Crippen LogP contribution < -0.4 is 9.47 Å². The minimum atomic E-state index is -0.452. The molecule has 28 heavy (non-hydrogen) atoms. The highest BCUT2D eigenvalue weighted by molar-refractivity contribution is 6.08. The van der Waals surface area contributed by atoms with Gasteiger partial charge in [-0.1, -0.05) is 13.8 Å². The number of esters is 1. The van der Waals surface area contributed by atoms with Gasteiger partial charge in [0.2, 0.25) is 0 Å². The largest absolute Gasteiger partial charge is 0.497 e. The number of aromatic nitrogens is 1. The van der Waals surface area contributed by atoms with Crippen LogP contribution in [0.2, 0.25) is 0 Å². The van der Waals surface area contributed by atoms with Crippen LogP contribution in [0.3, 0.4) is 0 Å². The van der Waals surface area contributed by atoms with Gasteiger partial charge in [0.05, 0.1) is 38.5 Å². The highest BCUT2D eigenvalue weighted by atomic mass is 16.5. The quantitative estimate of drug-likeness (QED) is 0.706. The van der Waals surface area contributed by atoms with Gasteiger partial charge in [0, 0.05) is 29.9 Å². The topological polar surface area (TPSA) is 66.8 Å². The van der Waals surface area contributed by atoms with Crippen LogP contribution >= 0.6 is 0 Å². The lowest BCUT2D eigenvalue weighted by Crippen LogP contribution is -2.29. The van der Waals surface area contributed by atoms with Crippen molar-refractivity contribution >= 4 is 11.8 Å². The van der Waals surface area contributed by atoms with Crippen molar-refractivity contribution in [2.45, 2.75) is 40.2 Å². The number of hydrogen-bond donors (Lipinski definition) is 0. The van der Waals surface area contributed by atoms with E-state index >= 15 is 0 Å². The first-order valence-electron chi connectivity index (χ1n) is 9.43. The van der Waals surface area contributed by atoms with Gasteiger partial charge in [-0.05, 0) is 30.9 Å². The molecule has 2 aromatic rings. The highest BCUT2D eigenvalue weighted by Crippen LogP contribution is 2.38. The minimum Gasteiger partial charge on any atom is -0.497 e. The number of carbonyl (C=O) groups is 2. The predicted molar refractivity (Wildman–Crippen MR) is 105 cm³/mol. The van der Waals surface area contributed by atoms with Crippen molar-refractivity contribution < 1.29 is 23.8 Å². The molecule has 0 amide bonds. The Labute approximate surface area is 165 Å². The van der Waals surface area contributed by atoms with E-state index in [2.05, 4.69) is 13.8 Å².